The number of nitrogens with two attached hydrogens (primary N) is 1. The molecule has 5 aromatic rings. The summed E-state index contributed by atoms with van der Waals surface area (Å²) in [5.74, 6) is -1.03. The van der Waals surface area contributed by atoms with Gasteiger partial charge in [0.25, 0.3) is 11.8 Å². The van der Waals surface area contributed by atoms with Gasteiger partial charge in [-0.05, 0) is 55.0 Å². The maximum Gasteiger partial charge on any atom is 0.266 e. The number of halogens is 1. The summed E-state index contributed by atoms with van der Waals surface area (Å²) < 4.78 is 13.3. The highest BCUT2D eigenvalue weighted by Gasteiger charge is 2.19. The number of hydrogen-bond donors (Lipinski definition) is 4. The molecule has 5 N–H and O–H groups in total. The third-order valence-corrected chi connectivity index (χ3v) is 7.28. The molecule has 38 heavy (non-hydrogen) atoms. The number of rotatable bonds is 8. The normalized spacial score (nSPS) is 11.0. The number of aryl methyl sites for hydroxylation is 1. The summed E-state index contributed by atoms with van der Waals surface area (Å²) in [6, 6.07) is 14.3. The lowest BCUT2D eigenvalue weighted by molar-refractivity contribution is -0.117. The first-order valence-electron chi connectivity index (χ1n) is 11.7. The van der Waals surface area contributed by atoms with Crippen molar-refractivity contribution in [1.29, 1.82) is 0 Å². The summed E-state index contributed by atoms with van der Waals surface area (Å²) in [4.78, 5) is 43.6. The average molecular weight is 531 g/mol. The van der Waals surface area contributed by atoms with Crippen LogP contribution < -0.4 is 16.0 Å². The van der Waals surface area contributed by atoms with Gasteiger partial charge in [0.15, 0.2) is 0 Å². The van der Waals surface area contributed by atoms with Gasteiger partial charge < -0.3 is 20.9 Å². The SMILES string of the molecule is CN(C(=O)c1ccc(F)cc1)c1ccc2c(CCC(N)=O)c(NC(=O)c3ccc(-c4cn[nH]c4)s3)[nH]c2c1. The number of nitrogens with one attached hydrogen (secondary N) is 3. The topological polar surface area (TPSA) is 137 Å². The van der Waals surface area contributed by atoms with Gasteiger partial charge >= 0.3 is 0 Å². The summed E-state index contributed by atoms with van der Waals surface area (Å²) in [5, 5.41) is 10.4. The quantitative estimate of drug-likeness (QED) is 0.231. The highest BCUT2D eigenvalue weighted by molar-refractivity contribution is 7.17. The van der Waals surface area contributed by atoms with Gasteiger partial charge in [-0.2, -0.15) is 5.10 Å². The van der Waals surface area contributed by atoms with Gasteiger partial charge in [-0.25, -0.2) is 4.39 Å². The summed E-state index contributed by atoms with van der Waals surface area (Å²) in [6.07, 6.45) is 3.86. The molecule has 0 fully saturated rings. The number of hydrogen-bond acceptors (Lipinski definition) is 5. The monoisotopic (exact) mass is 530 g/mol. The van der Waals surface area contributed by atoms with Gasteiger partial charge in [0, 0.05) is 57.8 Å². The lowest BCUT2D eigenvalue weighted by atomic mass is 10.1. The van der Waals surface area contributed by atoms with E-state index in [1.54, 1.807) is 37.6 Å². The van der Waals surface area contributed by atoms with Crippen molar-refractivity contribution in [3.8, 4) is 10.4 Å². The Morgan fingerprint density at radius 1 is 1.11 bits per heavy atom. The predicted molar refractivity (Wildman–Crippen MR) is 145 cm³/mol. The highest BCUT2D eigenvalue weighted by atomic mass is 32.1. The van der Waals surface area contributed by atoms with E-state index in [0.29, 0.717) is 33.9 Å². The fourth-order valence-electron chi connectivity index (χ4n) is 4.15. The number of benzene rings is 2. The van der Waals surface area contributed by atoms with Crippen molar-refractivity contribution in [2.24, 2.45) is 5.73 Å². The zero-order chi connectivity index (χ0) is 26.8. The van der Waals surface area contributed by atoms with Crippen molar-refractivity contribution < 1.29 is 18.8 Å². The minimum atomic E-state index is -0.458. The number of nitrogens with zero attached hydrogens (tertiary/aromatic N) is 2. The van der Waals surface area contributed by atoms with Gasteiger partial charge in [-0.1, -0.05) is 6.07 Å². The third-order valence-electron chi connectivity index (χ3n) is 6.15. The van der Waals surface area contributed by atoms with Crippen LogP contribution >= 0.6 is 11.3 Å². The summed E-state index contributed by atoms with van der Waals surface area (Å²) in [6.45, 7) is 0. The van der Waals surface area contributed by atoms with Gasteiger partial charge in [-0.3, -0.25) is 19.5 Å². The second-order valence-corrected chi connectivity index (χ2v) is 9.73. The van der Waals surface area contributed by atoms with Crippen LogP contribution in [0.2, 0.25) is 0 Å². The molecule has 0 bridgehead atoms. The van der Waals surface area contributed by atoms with Crippen LogP contribution in [0.15, 0.2) is 67.0 Å². The molecule has 2 aromatic carbocycles. The van der Waals surface area contributed by atoms with Crippen molar-refractivity contribution >= 4 is 51.5 Å². The first kappa shape index (κ1) is 24.9. The first-order chi connectivity index (χ1) is 18.3. The van der Waals surface area contributed by atoms with E-state index in [0.717, 1.165) is 21.4 Å². The Kier molecular flexibility index (Phi) is 6.75. The Hall–Kier alpha value is -4.77. The number of anilines is 2. The van der Waals surface area contributed by atoms with Gasteiger partial charge in [0.05, 0.1) is 11.1 Å². The van der Waals surface area contributed by atoms with Gasteiger partial charge in [0.2, 0.25) is 5.91 Å². The number of primary amides is 1. The highest BCUT2D eigenvalue weighted by Crippen LogP contribution is 2.32. The molecule has 0 saturated carbocycles. The van der Waals surface area contributed by atoms with E-state index in [4.69, 9.17) is 5.73 Å². The number of carbonyl (C=O) groups excluding carboxylic acids is 3. The van der Waals surface area contributed by atoms with Crippen LogP contribution in [0.1, 0.15) is 32.0 Å². The van der Waals surface area contributed by atoms with Gasteiger partial charge in [0.1, 0.15) is 11.6 Å². The zero-order valence-electron chi connectivity index (χ0n) is 20.2. The average Bonchev–Trinajstić information content (AvgIpc) is 3.66. The van der Waals surface area contributed by atoms with Crippen molar-refractivity contribution in [2.45, 2.75) is 12.8 Å². The molecule has 0 spiro atoms. The molecule has 0 unspecified atom stereocenters. The maximum absolute atomic E-state index is 13.3. The van der Waals surface area contributed by atoms with Crippen LogP contribution in [-0.4, -0.2) is 40.0 Å². The molecule has 192 valence electrons. The van der Waals surface area contributed by atoms with Crippen LogP contribution in [0.25, 0.3) is 21.3 Å². The molecule has 0 saturated heterocycles. The number of aromatic amines is 2. The minimum absolute atomic E-state index is 0.101. The molecule has 0 radical (unpaired) electrons. The summed E-state index contributed by atoms with van der Waals surface area (Å²) in [7, 11) is 1.63. The standard InChI is InChI=1S/C27H23FN6O3S/c1-34(27(37)15-2-4-17(28)5-3-15)18-6-7-19-20(8-11-24(29)35)25(32-21(19)12-18)33-26(36)23-10-9-22(38-23)16-13-30-31-14-16/h2-7,9-10,12-14,32H,8,11H2,1H3,(H2,29,35)(H,30,31)(H,33,36). The van der Waals surface area contributed by atoms with Crippen molar-refractivity contribution in [1.82, 2.24) is 15.2 Å². The Morgan fingerprint density at radius 3 is 2.61 bits per heavy atom. The van der Waals surface area contributed by atoms with E-state index in [2.05, 4.69) is 20.5 Å². The predicted octanol–water partition coefficient (Wildman–Crippen LogP) is 4.71. The molecule has 11 heteroatoms. The number of fused-ring (bicyclic) bond motifs is 1. The minimum Gasteiger partial charge on any atom is -0.370 e. The molecule has 9 nitrogen and oxygen atoms in total. The largest absolute Gasteiger partial charge is 0.370 e. The van der Waals surface area contributed by atoms with E-state index >= 15 is 0 Å². The van der Waals surface area contributed by atoms with E-state index < -0.39 is 11.7 Å². The number of aromatic nitrogens is 3. The number of H-pyrrole nitrogens is 2. The Bertz CT molecular complexity index is 1640. The molecule has 3 aromatic heterocycles. The Balaban J connectivity index is 1.44. The second-order valence-electron chi connectivity index (χ2n) is 8.65. The van der Waals surface area contributed by atoms with Crippen LogP contribution in [0.4, 0.5) is 15.9 Å². The molecular formula is C27H23FN6O3S. The van der Waals surface area contributed by atoms with Crippen molar-refractivity contribution in [3.05, 3.63) is 88.8 Å². The molecule has 3 amide bonds. The molecule has 0 atom stereocenters. The molecule has 0 aliphatic carbocycles. The van der Waals surface area contributed by atoms with E-state index in [-0.39, 0.29) is 18.2 Å². The number of amides is 3. The lowest BCUT2D eigenvalue weighted by Gasteiger charge is -2.17. The molecule has 0 aliphatic rings. The lowest BCUT2D eigenvalue weighted by Crippen LogP contribution is -2.26. The van der Waals surface area contributed by atoms with Crippen molar-refractivity contribution in [3.63, 3.8) is 0 Å². The molecule has 5 rings (SSSR count). The van der Waals surface area contributed by atoms with Crippen LogP contribution in [-0.2, 0) is 11.2 Å². The Labute approximate surface area is 220 Å². The van der Waals surface area contributed by atoms with E-state index in [9.17, 15) is 18.8 Å². The van der Waals surface area contributed by atoms with Crippen LogP contribution in [0.5, 0.6) is 0 Å². The van der Waals surface area contributed by atoms with Crippen molar-refractivity contribution in [2.75, 3.05) is 17.3 Å². The second kappa shape index (κ2) is 10.3. The third kappa shape index (κ3) is 5.04. The fourth-order valence-corrected chi connectivity index (χ4v) is 5.03. The fraction of sp³-hybridized carbons (Fsp3) is 0.111. The first-order valence-corrected chi connectivity index (χ1v) is 12.5. The van der Waals surface area contributed by atoms with Gasteiger partial charge in [-0.15, -0.1) is 11.3 Å². The molecule has 3 heterocycles. The van der Waals surface area contributed by atoms with Crippen LogP contribution in [0.3, 0.4) is 0 Å². The molecule has 0 aliphatic heterocycles. The maximum atomic E-state index is 13.3. The number of thiophene rings is 1. The summed E-state index contributed by atoms with van der Waals surface area (Å²) in [5.41, 5.74) is 8.62. The van der Waals surface area contributed by atoms with E-state index in [1.807, 2.05) is 12.1 Å². The number of carbonyl (C=O) groups is 3. The van der Waals surface area contributed by atoms with E-state index in [1.165, 1.54) is 40.5 Å². The van der Waals surface area contributed by atoms with Crippen LogP contribution in [0, 0.1) is 5.82 Å². The Morgan fingerprint density at radius 2 is 1.89 bits per heavy atom. The summed E-state index contributed by atoms with van der Waals surface area (Å²) >= 11 is 1.33. The molecular weight excluding hydrogens is 507 g/mol. The zero-order valence-corrected chi connectivity index (χ0v) is 21.1. The smallest absolute Gasteiger partial charge is 0.266 e.